The van der Waals surface area contributed by atoms with E-state index in [1.807, 2.05) is 0 Å². The van der Waals surface area contributed by atoms with Crippen molar-refractivity contribution in [2.45, 2.75) is 31.7 Å². The van der Waals surface area contributed by atoms with Gasteiger partial charge in [0.2, 0.25) is 0 Å². The van der Waals surface area contributed by atoms with Gasteiger partial charge in [-0.2, -0.15) is 0 Å². The summed E-state index contributed by atoms with van der Waals surface area (Å²) in [5, 5.41) is 1.13. The number of halogens is 1. The number of hydrogen-bond donors (Lipinski definition) is 0. The largest absolute Gasteiger partial charge is 0.382 e. The van der Waals surface area contributed by atoms with E-state index >= 15 is 0 Å². The predicted octanol–water partition coefficient (Wildman–Crippen LogP) is 2.29. The lowest BCUT2D eigenvalue weighted by Gasteiger charge is -2.24. The number of ether oxygens (including phenoxy) is 2. The molecule has 0 N–H and O–H groups in total. The minimum atomic E-state index is 0.701. The third kappa shape index (κ3) is 5.62. The van der Waals surface area contributed by atoms with Crippen LogP contribution in [0.5, 0.6) is 0 Å². The van der Waals surface area contributed by atoms with Crippen LogP contribution in [0.1, 0.15) is 25.7 Å². The molecule has 0 aromatic heterocycles. The first-order valence-electron chi connectivity index (χ1n) is 6.25. The third-order valence-electron chi connectivity index (χ3n) is 3.12. The van der Waals surface area contributed by atoms with Crippen molar-refractivity contribution in [2.75, 3.05) is 45.4 Å². The predicted molar refractivity (Wildman–Crippen MR) is 70.3 cm³/mol. The molecule has 1 heterocycles. The highest BCUT2D eigenvalue weighted by atomic mass is 79.9. The molecule has 4 heteroatoms. The minimum Gasteiger partial charge on any atom is -0.382 e. The highest BCUT2D eigenvalue weighted by molar-refractivity contribution is 9.09. The zero-order valence-electron chi connectivity index (χ0n) is 10.3. The van der Waals surface area contributed by atoms with Crippen molar-refractivity contribution in [3.8, 4) is 0 Å². The van der Waals surface area contributed by atoms with E-state index < -0.39 is 0 Å². The smallest absolute Gasteiger partial charge is 0.0700 e. The lowest BCUT2D eigenvalue weighted by atomic mass is 10.1. The van der Waals surface area contributed by atoms with E-state index in [9.17, 15) is 0 Å². The van der Waals surface area contributed by atoms with Gasteiger partial charge in [-0.15, -0.1) is 0 Å². The summed E-state index contributed by atoms with van der Waals surface area (Å²) in [6.07, 6.45) is 5.32. The summed E-state index contributed by atoms with van der Waals surface area (Å²) in [5.74, 6) is 0. The van der Waals surface area contributed by atoms with Gasteiger partial charge in [0.05, 0.1) is 19.8 Å². The molecular weight excluding hydrogens is 270 g/mol. The van der Waals surface area contributed by atoms with E-state index in [1.165, 1.54) is 32.2 Å². The number of alkyl halides is 1. The van der Waals surface area contributed by atoms with Crippen molar-refractivity contribution in [2.24, 2.45) is 0 Å². The lowest BCUT2D eigenvalue weighted by Crippen LogP contribution is -2.32. The number of likely N-dealkylation sites (tertiary alicyclic amines) is 1. The molecule has 96 valence electrons. The molecule has 16 heavy (non-hydrogen) atoms. The van der Waals surface area contributed by atoms with Crippen LogP contribution in [0, 0.1) is 0 Å². The molecule has 0 radical (unpaired) electrons. The van der Waals surface area contributed by atoms with Gasteiger partial charge in [-0.05, 0) is 32.2 Å². The molecule has 0 aliphatic carbocycles. The Morgan fingerprint density at radius 1 is 1.31 bits per heavy atom. The first-order chi connectivity index (χ1) is 7.88. The van der Waals surface area contributed by atoms with Crippen molar-refractivity contribution >= 4 is 15.9 Å². The SMILES string of the molecule is COCCOCCN1CCCC1CCCBr. The number of nitrogens with zero attached hydrogens (tertiary/aromatic N) is 1. The number of rotatable bonds is 9. The van der Waals surface area contributed by atoms with Crippen molar-refractivity contribution < 1.29 is 9.47 Å². The van der Waals surface area contributed by atoms with Crippen molar-refractivity contribution in [1.82, 2.24) is 4.90 Å². The van der Waals surface area contributed by atoms with Crippen LogP contribution in [0.4, 0.5) is 0 Å². The summed E-state index contributed by atoms with van der Waals surface area (Å²) in [4.78, 5) is 2.58. The quantitative estimate of drug-likeness (QED) is 0.481. The summed E-state index contributed by atoms with van der Waals surface area (Å²) >= 11 is 3.50. The molecule has 0 bridgehead atoms. The van der Waals surface area contributed by atoms with E-state index in [1.54, 1.807) is 7.11 Å². The fourth-order valence-corrected chi connectivity index (χ4v) is 2.58. The molecule has 1 atom stereocenters. The topological polar surface area (TPSA) is 21.7 Å². The summed E-state index contributed by atoms with van der Waals surface area (Å²) in [6, 6.07) is 0.795. The molecule has 0 aromatic rings. The Balaban J connectivity index is 2.05. The molecule has 3 nitrogen and oxygen atoms in total. The average molecular weight is 294 g/mol. The lowest BCUT2D eigenvalue weighted by molar-refractivity contribution is 0.0547. The second kappa shape index (κ2) is 9.40. The fourth-order valence-electron chi connectivity index (χ4n) is 2.26. The summed E-state index contributed by atoms with van der Waals surface area (Å²) in [5.41, 5.74) is 0. The van der Waals surface area contributed by atoms with Crippen molar-refractivity contribution in [3.05, 3.63) is 0 Å². The maximum atomic E-state index is 5.51. The van der Waals surface area contributed by atoms with E-state index in [0.717, 1.165) is 31.1 Å². The summed E-state index contributed by atoms with van der Waals surface area (Å²) in [6.45, 7) is 4.59. The van der Waals surface area contributed by atoms with Crippen LogP contribution in [0.2, 0.25) is 0 Å². The molecule has 1 rings (SSSR count). The molecule has 0 amide bonds. The molecule has 1 saturated heterocycles. The fraction of sp³-hybridized carbons (Fsp3) is 1.00. The second-order valence-corrected chi connectivity index (χ2v) is 5.06. The zero-order valence-corrected chi connectivity index (χ0v) is 11.9. The Kier molecular flexibility index (Phi) is 8.47. The van der Waals surface area contributed by atoms with Crippen LogP contribution in [0.3, 0.4) is 0 Å². The molecule has 1 fully saturated rings. The monoisotopic (exact) mass is 293 g/mol. The Morgan fingerprint density at radius 3 is 2.94 bits per heavy atom. The highest BCUT2D eigenvalue weighted by Gasteiger charge is 2.23. The van der Waals surface area contributed by atoms with Gasteiger partial charge in [-0.1, -0.05) is 15.9 Å². The molecule has 1 aliphatic heterocycles. The molecule has 0 aromatic carbocycles. The average Bonchev–Trinajstić information content (AvgIpc) is 2.74. The van der Waals surface area contributed by atoms with Gasteiger partial charge in [0.15, 0.2) is 0 Å². The molecular formula is C12H24BrNO2. The van der Waals surface area contributed by atoms with Gasteiger partial charge in [0.25, 0.3) is 0 Å². The van der Waals surface area contributed by atoms with Gasteiger partial charge in [-0.25, -0.2) is 0 Å². The molecule has 1 unspecified atom stereocenters. The molecule has 0 saturated carbocycles. The van der Waals surface area contributed by atoms with Gasteiger partial charge in [0.1, 0.15) is 0 Å². The Hall–Kier alpha value is 0.360. The highest BCUT2D eigenvalue weighted by Crippen LogP contribution is 2.21. The van der Waals surface area contributed by atoms with Crippen LogP contribution in [-0.4, -0.2) is 56.3 Å². The van der Waals surface area contributed by atoms with E-state index in [4.69, 9.17) is 9.47 Å². The van der Waals surface area contributed by atoms with E-state index in [-0.39, 0.29) is 0 Å². The first kappa shape index (κ1) is 14.4. The minimum absolute atomic E-state index is 0.701. The van der Waals surface area contributed by atoms with Crippen LogP contribution in [0.25, 0.3) is 0 Å². The third-order valence-corrected chi connectivity index (χ3v) is 3.69. The standard InChI is InChI=1S/C12H24BrNO2/c1-15-10-11-16-9-8-14-7-3-5-12(14)4-2-6-13/h12H,2-11H2,1H3. The van der Waals surface area contributed by atoms with Crippen LogP contribution >= 0.6 is 15.9 Å². The Morgan fingerprint density at radius 2 is 2.19 bits per heavy atom. The second-order valence-electron chi connectivity index (χ2n) is 4.27. The van der Waals surface area contributed by atoms with Gasteiger partial charge >= 0.3 is 0 Å². The normalized spacial score (nSPS) is 21.8. The van der Waals surface area contributed by atoms with Gasteiger partial charge in [0, 0.05) is 25.0 Å². The van der Waals surface area contributed by atoms with E-state index in [2.05, 4.69) is 20.8 Å². The summed E-state index contributed by atoms with van der Waals surface area (Å²) < 4.78 is 10.5. The van der Waals surface area contributed by atoms with Crippen LogP contribution in [0.15, 0.2) is 0 Å². The van der Waals surface area contributed by atoms with Crippen molar-refractivity contribution in [3.63, 3.8) is 0 Å². The van der Waals surface area contributed by atoms with Crippen LogP contribution < -0.4 is 0 Å². The Bertz CT molecular complexity index is 169. The van der Waals surface area contributed by atoms with Crippen molar-refractivity contribution in [1.29, 1.82) is 0 Å². The Labute approximate surface area is 108 Å². The first-order valence-corrected chi connectivity index (χ1v) is 7.37. The van der Waals surface area contributed by atoms with E-state index in [0.29, 0.717) is 6.61 Å². The number of hydrogen-bond acceptors (Lipinski definition) is 3. The van der Waals surface area contributed by atoms with Gasteiger partial charge in [-0.3, -0.25) is 4.90 Å². The summed E-state index contributed by atoms with van der Waals surface area (Å²) in [7, 11) is 1.71. The maximum absolute atomic E-state index is 5.51. The molecule has 1 aliphatic rings. The van der Waals surface area contributed by atoms with Crippen LogP contribution in [-0.2, 0) is 9.47 Å². The zero-order chi connectivity index (χ0) is 11.6. The molecule has 0 spiro atoms. The maximum Gasteiger partial charge on any atom is 0.0700 e. The van der Waals surface area contributed by atoms with Gasteiger partial charge < -0.3 is 9.47 Å². The number of methoxy groups -OCH3 is 1.